The van der Waals surface area contributed by atoms with Gasteiger partial charge in [-0.15, -0.1) is 6.42 Å². The third-order valence-electron chi connectivity index (χ3n) is 6.01. The molecule has 4 N–H and O–H groups in total. The molecule has 1 aromatic carbocycles. The van der Waals surface area contributed by atoms with E-state index in [9.17, 15) is 9.59 Å². The highest BCUT2D eigenvalue weighted by atomic mass is 16.1. The van der Waals surface area contributed by atoms with E-state index in [-0.39, 0.29) is 18.0 Å². The van der Waals surface area contributed by atoms with E-state index < -0.39 is 0 Å². The van der Waals surface area contributed by atoms with Gasteiger partial charge in [0.15, 0.2) is 0 Å². The number of terminal acetylenes is 1. The van der Waals surface area contributed by atoms with Crippen LogP contribution in [0, 0.1) is 33.1 Å². The number of amides is 1. The number of nitrogens with two attached hydrogens (primary N) is 1. The fraction of sp³-hybridized carbons (Fsp3) is 0.462. The maximum Gasteiger partial charge on any atom is 0.253 e. The lowest BCUT2D eigenvalue weighted by molar-refractivity contribution is 0.0950. The van der Waals surface area contributed by atoms with Crippen LogP contribution in [-0.4, -0.2) is 30.0 Å². The van der Waals surface area contributed by atoms with Crippen molar-refractivity contribution in [3.05, 3.63) is 62.1 Å². The number of pyridine rings is 1. The average Bonchev–Trinajstić information content (AvgIpc) is 2.76. The lowest BCUT2D eigenvalue weighted by Gasteiger charge is -2.34. The van der Waals surface area contributed by atoms with Crippen LogP contribution in [0.5, 0.6) is 0 Å². The second-order valence-corrected chi connectivity index (χ2v) is 8.22. The molecule has 1 aromatic heterocycles. The van der Waals surface area contributed by atoms with E-state index in [1.54, 1.807) is 6.07 Å². The van der Waals surface area contributed by atoms with Gasteiger partial charge in [0, 0.05) is 47.2 Å². The quantitative estimate of drug-likeness (QED) is 0.497. The van der Waals surface area contributed by atoms with E-state index in [1.165, 1.54) is 0 Å². The molecule has 172 valence electrons. The highest BCUT2D eigenvalue weighted by Crippen LogP contribution is 2.29. The van der Waals surface area contributed by atoms with E-state index in [1.807, 2.05) is 32.9 Å². The third-order valence-corrected chi connectivity index (χ3v) is 6.01. The summed E-state index contributed by atoms with van der Waals surface area (Å²) in [5.74, 6) is 2.44. The zero-order chi connectivity index (χ0) is 23.8. The second kappa shape index (κ2) is 11.5. The summed E-state index contributed by atoms with van der Waals surface area (Å²) in [5, 5.41) is 2.91. The molecule has 0 saturated heterocycles. The molecule has 1 amide bonds. The van der Waals surface area contributed by atoms with E-state index >= 15 is 0 Å². The first-order chi connectivity index (χ1) is 15.3. The monoisotopic (exact) mass is 436 g/mol. The number of carbonyl (C=O) groups is 1. The Morgan fingerprint density at radius 3 is 2.53 bits per heavy atom. The zero-order valence-corrected chi connectivity index (χ0v) is 20.0. The van der Waals surface area contributed by atoms with Gasteiger partial charge in [-0.05, 0) is 82.8 Å². The Morgan fingerprint density at radius 2 is 1.97 bits per heavy atom. The Kier molecular flexibility index (Phi) is 9.10. The summed E-state index contributed by atoms with van der Waals surface area (Å²) in [5.41, 5.74) is 10.8. The van der Waals surface area contributed by atoms with Gasteiger partial charge in [0.05, 0.1) is 0 Å². The van der Waals surface area contributed by atoms with Gasteiger partial charge in [-0.1, -0.05) is 12.8 Å². The van der Waals surface area contributed by atoms with Crippen LogP contribution in [0.15, 0.2) is 23.0 Å². The number of carbonyl (C=O) groups excluding carboxylic acids is 1. The van der Waals surface area contributed by atoms with Crippen LogP contribution < -0.4 is 21.5 Å². The smallest absolute Gasteiger partial charge is 0.253 e. The van der Waals surface area contributed by atoms with Crippen LogP contribution in [0.1, 0.15) is 71.4 Å². The van der Waals surface area contributed by atoms with Crippen molar-refractivity contribution in [3.63, 3.8) is 0 Å². The predicted molar refractivity (Wildman–Crippen MR) is 132 cm³/mol. The Labute approximate surface area is 191 Å². The Morgan fingerprint density at radius 1 is 1.25 bits per heavy atom. The van der Waals surface area contributed by atoms with Gasteiger partial charge in [0.25, 0.3) is 11.5 Å². The predicted octanol–water partition coefficient (Wildman–Crippen LogP) is 3.56. The molecule has 0 saturated carbocycles. The minimum Gasteiger partial charge on any atom is -0.369 e. The van der Waals surface area contributed by atoms with Crippen molar-refractivity contribution in [3.8, 4) is 12.3 Å². The molecule has 0 aliphatic carbocycles. The summed E-state index contributed by atoms with van der Waals surface area (Å²) in [6.07, 6.45) is 8.63. The molecule has 2 aromatic rings. The number of benzene rings is 1. The van der Waals surface area contributed by atoms with Gasteiger partial charge < -0.3 is 20.9 Å². The number of hydrogen-bond donors (Lipinski definition) is 3. The second-order valence-electron chi connectivity index (χ2n) is 8.22. The summed E-state index contributed by atoms with van der Waals surface area (Å²) >= 11 is 0. The maximum absolute atomic E-state index is 13.1. The number of aryl methyl sites for hydroxylation is 2. The highest BCUT2D eigenvalue weighted by molar-refractivity contribution is 5.97. The number of H-pyrrole nitrogens is 1. The molecule has 0 spiro atoms. The molecule has 1 heterocycles. The van der Waals surface area contributed by atoms with Crippen molar-refractivity contribution >= 4 is 11.6 Å². The summed E-state index contributed by atoms with van der Waals surface area (Å²) in [6, 6.07) is 5.95. The molecule has 0 fully saturated rings. The van der Waals surface area contributed by atoms with Crippen molar-refractivity contribution in [2.75, 3.05) is 18.0 Å². The average molecular weight is 437 g/mol. The fourth-order valence-corrected chi connectivity index (χ4v) is 4.24. The van der Waals surface area contributed by atoms with Gasteiger partial charge in [-0.2, -0.15) is 0 Å². The first-order valence-electron chi connectivity index (χ1n) is 11.3. The van der Waals surface area contributed by atoms with E-state index in [4.69, 9.17) is 12.2 Å². The van der Waals surface area contributed by atoms with Crippen molar-refractivity contribution in [2.24, 2.45) is 5.73 Å². The minimum absolute atomic E-state index is 0.154. The molecule has 6 heteroatoms. The molecular weight excluding hydrogens is 400 g/mol. The summed E-state index contributed by atoms with van der Waals surface area (Å²) in [7, 11) is 0. The van der Waals surface area contributed by atoms with Gasteiger partial charge in [0.1, 0.15) is 0 Å². The zero-order valence-electron chi connectivity index (χ0n) is 20.0. The molecule has 0 radical (unpaired) electrons. The highest BCUT2D eigenvalue weighted by Gasteiger charge is 2.21. The molecule has 0 aliphatic heterocycles. The number of hydrogen-bond acceptors (Lipinski definition) is 4. The SMILES string of the molecule is C#Cc1cc(C(=O)NCc2c(C)cc(C)[nH]c2=O)c(C)c(N(CC)C(CC)CCCN)c1. The van der Waals surface area contributed by atoms with Gasteiger partial charge in [0.2, 0.25) is 0 Å². The lowest BCUT2D eigenvalue weighted by atomic mass is 9.98. The molecular formula is C26H36N4O2. The summed E-state index contributed by atoms with van der Waals surface area (Å²) in [6.45, 7) is 11.5. The molecule has 2 rings (SSSR count). The number of aromatic amines is 1. The number of aromatic nitrogens is 1. The number of rotatable bonds is 10. The van der Waals surface area contributed by atoms with Crippen LogP contribution in [0.3, 0.4) is 0 Å². The Bertz CT molecular complexity index is 1050. The number of nitrogens with one attached hydrogen (secondary N) is 2. The molecule has 0 bridgehead atoms. The lowest BCUT2D eigenvalue weighted by Crippen LogP contribution is -2.36. The van der Waals surface area contributed by atoms with Crippen molar-refractivity contribution < 1.29 is 4.79 Å². The number of anilines is 1. The van der Waals surface area contributed by atoms with Crippen LogP contribution in [0.4, 0.5) is 5.69 Å². The molecule has 32 heavy (non-hydrogen) atoms. The first kappa shape index (κ1) is 25.2. The topological polar surface area (TPSA) is 91.2 Å². The van der Waals surface area contributed by atoms with Gasteiger partial charge in [-0.3, -0.25) is 9.59 Å². The first-order valence-corrected chi connectivity index (χ1v) is 11.3. The normalized spacial score (nSPS) is 11.7. The van der Waals surface area contributed by atoms with Crippen molar-refractivity contribution in [2.45, 2.75) is 66.5 Å². The van der Waals surface area contributed by atoms with Crippen molar-refractivity contribution in [1.82, 2.24) is 10.3 Å². The molecule has 0 aliphatic rings. The van der Waals surface area contributed by atoms with E-state index in [0.29, 0.717) is 29.3 Å². The van der Waals surface area contributed by atoms with Gasteiger partial charge >= 0.3 is 0 Å². The molecule has 6 nitrogen and oxygen atoms in total. The number of nitrogens with zero attached hydrogens (tertiary/aromatic N) is 1. The van der Waals surface area contributed by atoms with E-state index in [0.717, 1.165) is 48.3 Å². The van der Waals surface area contributed by atoms with Crippen LogP contribution in [-0.2, 0) is 6.54 Å². The maximum atomic E-state index is 13.1. The third kappa shape index (κ3) is 5.80. The summed E-state index contributed by atoms with van der Waals surface area (Å²) < 4.78 is 0. The van der Waals surface area contributed by atoms with Crippen LogP contribution >= 0.6 is 0 Å². The summed E-state index contributed by atoms with van der Waals surface area (Å²) in [4.78, 5) is 30.6. The fourth-order valence-electron chi connectivity index (χ4n) is 4.24. The van der Waals surface area contributed by atoms with E-state index in [2.05, 4.69) is 35.0 Å². The largest absolute Gasteiger partial charge is 0.369 e. The van der Waals surface area contributed by atoms with Crippen LogP contribution in [0.2, 0.25) is 0 Å². The Hall–Kier alpha value is -3.04. The minimum atomic E-state index is -0.244. The Balaban J connectivity index is 2.39. The van der Waals surface area contributed by atoms with Crippen molar-refractivity contribution in [1.29, 1.82) is 0 Å². The molecule has 1 atom stereocenters. The van der Waals surface area contributed by atoms with Crippen LogP contribution in [0.25, 0.3) is 0 Å². The van der Waals surface area contributed by atoms with Gasteiger partial charge in [-0.25, -0.2) is 0 Å². The molecule has 1 unspecified atom stereocenters. The standard InChI is InChI=1S/C26H36N4O2/c1-7-20-14-22(25(31)28-16-23-17(4)13-18(5)29-26(23)32)19(6)24(15-20)30(9-3)21(8-2)11-10-12-27/h1,13-15,21H,8-12,16,27H2,2-6H3,(H,28,31)(H,29,32).